The number of nitrogens with one attached hydrogen (secondary N) is 1. The Hall–Kier alpha value is -2.93. The second-order valence-corrected chi connectivity index (χ2v) is 5.71. The van der Waals surface area contributed by atoms with Crippen LogP contribution in [0.3, 0.4) is 0 Å². The second-order valence-electron chi connectivity index (χ2n) is 5.27. The summed E-state index contributed by atoms with van der Waals surface area (Å²) < 4.78 is 7.13. The molecule has 0 fully saturated rings. The first-order chi connectivity index (χ1) is 12.1. The summed E-state index contributed by atoms with van der Waals surface area (Å²) in [5.41, 5.74) is 0.757. The summed E-state index contributed by atoms with van der Waals surface area (Å²) in [6, 6.07) is 16.3. The van der Waals surface area contributed by atoms with E-state index in [4.69, 9.17) is 16.3 Å². The molecule has 0 aliphatic rings. The molecule has 8 heteroatoms. The summed E-state index contributed by atoms with van der Waals surface area (Å²) in [5, 5.41) is 14.9. The molecule has 0 bridgehead atoms. The van der Waals surface area contributed by atoms with Gasteiger partial charge in [-0.05, 0) is 53.7 Å². The molecule has 1 N–H and O–H groups in total. The lowest BCUT2D eigenvalue weighted by Gasteiger charge is -2.14. The monoisotopic (exact) mass is 357 g/mol. The summed E-state index contributed by atoms with van der Waals surface area (Å²) >= 11 is 5.89. The number of amides is 1. The SMILES string of the molecule is C[C@@H](Oc1ccccc1)C(=O)NCc1nnnn1-c1ccc(Cl)cc1. The van der Waals surface area contributed by atoms with Gasteiger partial charge in [-0.1, -0.05) is 29.8 Å². The minimum atomic E-state index is -0.637. The van der Waals surface area contributed by atoms with E-state index >= 15 is 0 Å². The maximum Gasteiger partial charge on any atom is 0.261 e. The number of carbonyl (C=O) groups excluding carboxylic acids is 1. The third-order valence-electron chi connectivity index (χ3n) is 3.45. The van der Waals surface area contributed by atoms with Gasteiger partial charge in [0.15, 0.2) is 11.9 Å². The van der Waals surface area contributed by atoms with E-state index < -0.39 is 6.10 Å². The van der Waals surface area contributed by atoms with Crippen molar-refractivity contribution in [2.75, 3.05) is 0 Å². The van der Waals surface area contributed by atoms with Crippen molar-refractivity contribution in [1.29, 1.82) is 0 Å². The van der Waals surface area contributed by atoms with Crippen LogP contribution < -0.4 is 10.1 Å². The molecular formula is C17H16ClN5O2. The van der Waals surface area contributed by atoms with Gasteiger partial charge in [-0.25, -0.2) is 0 Å². The molecule has 25 heavy (non-hydrogen) atoms. The van der Waals surface area contributed by atoms with Crippen LogP contribution in [0.25, 0.3) is 5.69 Å². The third-order valence-corrected chi connectivity index (χ3v) is 3.70. The lowest BCUT2D eigenvalue weighted by atomic mass is 10.3. The van der Waals surface area contributed by atoms with Gasteiger partial charge >= 0.3 is 0 Å². The molecule has 1 aromatic heterocycles. The number of carbonyl (C=O) groups is 1. The van der Waals surface area contributed by atoms with Crippen molar-refractivity contribution in [1.82, 2.24) is 25.5 Å². The van der Waals surface area contributed by atoms with E-state index in [0.29, 0.717) is 16.6 Å². The minimum absolute atomic E-state index is 0.178. The highest BCUT2D eigenvalue weighted by atomic mass is 35.5. The van der Waals surface area contributed by atoms with Crippen LogP contribution in [-0.2, 0) is 11.3 Å². The molecule has 0 aliphatic carbocycles. The Morgan fingerprint density at radius 2 is 1.92 bits per heavy atom. The zero-order valence-corrected chi connectivity index (χ0v) is 14.2. The van der Waals surface area contributed by atoms with Gasteiger partial charge in [0.1, 0.15) is 5.75 Å². The number of hydrogen-bond donors (Lipinski definition) is 1. The summed E-state index contributed by atoms with van der Waals surface area (Å²) in [6.45, 7) is 1.86. The van der Waals surface area contributed by atoms with Crippen LogP contribution in [0.2, 0.25) is 5.02 Å². The Balaban J connectivity index is 1.61. The molecule has 2 aromatic carbocycles. The maximum atomic E-state index is 12.2. The van der Waals surface area contributed by atoms with Crippen molar-refractivity contribution in [2.24, 2.45) is 0 Å². The quantitative estimate of drug-likeness (QED) is 0.732. The van der Waals surface area contributed by atoms with E-state index in [-0.39, 0.29) is 12.5 Å². The fourth-order valence-electron chi connectivity index (χ4n) is 2.17. The van der Waals surface area contributed by atoms with Crippen molar-refractivity contribution in [3.05, 3.63) is 65.4 Å². The van der Waals surface area contributed by atoms with Gasteiger partial charge in [0.25, 0.3) is 5.91 Å². The molecule has 128 valence electrons. The molecular weight excluding hydrogens is 342 g/mol. The van der Waals surface area contributed by atoms with E-state index in [2.05, 4.69) is 20.8 Å². The van der Waals surface area contributed by atoms with Gasteiger partial charge < -0.3 is 10.1 Å². The van der Waals surface area contributed by atoms with Crippen molar-refractivity contribution >= 4 is 17.5 Å². The number of ether oxygens (including phenoxy) is 1. The highest BCUT2D eigenvalue weighted by molar-refractivity contribution is 6.30. The first kappa shape index (κ1) is 16.9. The van der Waals surface area contributed by atoms with E-state index in [0.717, 1.165) is 5.69 Å². The van der Waals surface area contributed by atoms with Gasteiger partial charge in [0, 0.05) is 5.02 Å². The zero-order chi connectivity index (χ0) is 17.6. The van der Waals surface area contributed by atoms with Gasteiger partial charge in [-0.2, -0.15) is 4.68 Å². The highest BCUT2D eigenvalue weighted by Gasteiger charge is 2.16. The second kappa shape index (κ2) is 7.76. The number of hydrogen-bond acceptors (Lipinski definition) is 5. The Bertz CT molecular complexity index is 836. The number of para-hydroxylation sites is 1. The molecule has 0 aliphatic heterocycles. The lowest BCUT2D eigenvalue weighted by Crippen LogP contribution is -2.36. The van der Waals surface area contributed by atoms with Crippen LogP contribution in [0.1, 0.15) is 12.7 Å². The van der Waals surface area contributed by atoms with E-state index in [1.54, 1.807) is 48.0 Å². The Morgan fingerprint density at radius 3 is 2.64 bits per heavy atom. The molecule has 0 saturated carbocycles. The molecule has 3 rings (SSSR count). The molecule has 3 aromatic rings. The largest absolute Gasteiger partial charge is 0.481 e. The lowest BCUT2D eigenvalue weighted by molar-refractivity contribution is -0.127. The molecule has 1 atom stereocenters. The van der Waals surface area contributed by atoms with Crippen LogP contribution in [0.4, 0.5) is 0 Å². The molecule has 0 saturated heterocycles. The maximum absolute atomic E-state index is 12.2. The smallest absolute Gasteiger partial charge is 0.261 e. The van der Waals surface area contributed by atoms with Gasteiger partial charge in [-0.15, -0.1) is 5.10 Å². The average molecular weight is 358 g/mol. The molecule has 1 amide bonds. The van der Waals surface area contributed by atoms with E-state index in [1.165, 1.54) is 0 Å². The number of aromatic nitrogens is 4. The predicted octanol–water partition coefficient (Wildman–Crippen LogP) is 2.40. The summed E-state index contributed by atoms with van der Waals surface area (Å²) in [5.74, 6) is 0.883. The summed E-state index contributed by atoms with van der Waals surface area (Å²) in [6.07, 6.45) is -0.637. The van der Waals surface area contributed by atoms with Crippen molar-refractivity contribution in [3.63, 3.8) is 0 Å². The Labute approximate surface area is 149 Å². The number of halogens is 1. The van der Waals surface area contributed by atoms with Crippen molar-refractivity contribution in [3.8, 4) is 11.4 Å². The van der Waals surface area contributed by atoms with E-state index in [9.17, 15) is 4.79 Å². The predicted molar refractivity (Wildman–Crippen MR) is 92.5 cm³/mol. The Kier molecular flexibility index (Phi) is 5.25. The molecule has 1 heterocycles. The fourth-order valence-corrected chi connectivity index (χ4v) is 2.29. The number of benzene rings is 2. The van der Waals surface area contributed by atoms with E-state index in [1.807, 2.05) is 18.2 Å². The first-order valence-electron chi connectivity index (χ1n) is 7.66. The number of rotatable bonds is 6. The first-order valence-corrected chi connectivity index (χ1v) is 8.04. The zero-order valence-electron chi connectivity index (χ0n) is 13.5. The molecule has 0 unspecified atom stereocenters. The topological polar surface area (TPSA) is 81.9 Å². The van der Waals surface area contributed by atoms with Gasteiger partial charge in [-0.3, -0.25) is 4.79 Å². The fraction of sp³-hybridized carbons (Fsp3) is 0.176. The standard InChI is InChI=1S/C17H16ClN5O2/c1-12(25-15-5-3-2-4-6-15)17(24)19-11-16-20-21-22-23(16)14-9-7-13(18)8-10-14/h2-10,12H,11H2,1H3,(H,19,24)/t12-/m1/s1. The van der Waals surface area contributed by atoms with Gasteiger partial charge in [0.2, 0.25) is 0 Å². The Morgan fingerprint density at radius 1 is 1.20 bits per heavy atom. The van der Waals surface area contributed by atoms with Gasteiger partial charge in [0.05, 0.1) is 12.2 Å². The highest BCUT2D eigenvalue weighted by Crippen LogP contribution is 2.14. The minimum Gasteiger partial charge on any atom is -0.481 e. The number of nitrogens with zero attached hydrogens (tertiary/aromatic N) is 4. The van der Waals surface area contributed by atoms with Crippen LogP contribution in [0, 0.1) is 0 Å². The van der Waals surface area contributed by atoms with Crippen LogP contribution in [0.15, 0.2) is 54.6 Å². The normalized spacial score (nSPS) is 11.8. The molecule has 0 radical (unpaired) electrons. The summed E-state index contributed by atoms with van der Waals surface area (Å²) in [7, 11) is 0. The molecule has 7 nitrogen and oxygen atoms in total. The van der Waals surface area contributed by atoms with Crippen LogP contribution in [-0.4, -0.2) is 32.2 Å². The van der Waals surface area contributed by atoms with Crippen LogP contribution >= 0.6 is 11.6 Å². The number of tetrazole rings is 1. The summed E-state index contributed by atoms with van der Waals surface area (Å²) in [4.78, 5) is 12.2. The van der Waals surface area contributed by atoms with Crippen molar-refractivity contribution in [2.45, 2.75) is 19.6 Å². The van der Waals surface area contributed by atoms with Crippen molar-refractivity contribution < 1.29 is 9.53 Å². The molecule has 0 spiro atoms. The van der Waals surface area contributed by atoms with Crippen LogP contribution in [0.5, 0.6) is 5.75 Å². The average Bonchev–Trinajstić information content (AvgIpc) is 3.09. The third kappa shape index (κ3) is 4.33.